The van der Waals surface area contributed by atoms with Crippen molar-refractivity contribution in [1.29, 1.82) is 0 Å². The van der Waals surface area contributed by atoms with Gasteiger partial charge in [0, 0.05) is 40.4 Å². The fourth-order valence-corrected chi connectivity index (χ4v) is 7.21. The maximum absolute atomic E-state index is 13.0. The molecule has 2 saturated heterocycles. The lowest BCUT2D eigenvalue weighted by Crippen LogP contribution is -2.41. The Kier molecular flexibility index (Phi) is 12.5. The van der Waals surface area contributed by atoms with Crippen LogP contribution in [0.5, 0.6) is 0 Å². The first-order valence-electron chi connectivity index (χ1n) is 11.9. The van der Waals surface area contributed by atoms with Gasteiger partial charge in [0.25, 0.3) is 0 Å². The summed E-state index contributed by atoms with van der Waals surface area (Å²) in [5.74, 6) is 0. The standard InChI is InChI=1S/C19H30N2O6S2.2C2H6/c1-15-14-18(28(22,23)20-10-6-16(26-2)7-11-20)4-5-19(15)29(24,25)21-12-8-17(27-3)9-13-21;2*1-2/h4-5,14,16-17H,6-13H2,1-3H3;2*1-2H3. The van der Waals surface area contributed by atoms with Gasteiger partial charge in [0.05, 0.1) is 22.0 Å². The monoisotopic (exact) mass is 506 g/mol. The first-order valence-corrected chi connectivity index (χ1v) is 14.7. The lowest BCUT2D eigenvalue weighted by atomic mass is 10.1. The summed E-state index contributed by atoms with van der Waals surface area (Å²) < 4.78 is 65.6. The second-order valence-electron chi connectivity index (χ2n) is 7.61. The van der Waals surface area contributed by atoms with Crippen molar-refractivity contribution < 1.29 is 26.3 Å². The largest absolute Gasteiger partial charge is 0.381 e. The quantitative estimate of drug-likeness (QED) is 0.585. The zero-order chi connectivity index (χ0) is 25.2. The van der Waals surface area contributed by atoms with Crippen LogP contribution in [0.4, 0.5) is 0 Å². The lowest BCUT2D eigenvalue weighted by molar-refractivity contribution is 0.0602. The molecule has 192 valence electrons. The van der Waals surface area contributed by atoms with Crippen molar-refractivity contribution in [3.05, 3.63) is 23.8 Å². The fraction of sp³-hybridized carbons (Fsp3) is 0.739. The molecule has 2 aliphatic heterocycles. The molecular formula is C23H42N2O6S2. The van der Waals surface area contributed by atoms with Crippen LogP contribution in [0.2, 0.25) is 0 Å². The van der Waals surface area contributed by atoms with Crippen LogP contribution in [-0.4, -0.2) is 78.1 Å². The number of hydrogen-bond acceptors (Lipinski definition) is 6. The number of methoxy groups -OCH3 is 2. The minimum atomic E-state index is -3.67. The molecule has 0 amide bonds. The van der Waals surface area contributed by atoms with Gasteiger partial charge < -0.3 is 9.47 Å². The zero-order valence-electron chi connectivity index (χ0n) is 21.2. The molecule has 8 nitrogen and oxygen atoms in total. The number of rotatable bonds is 6. The molecule has 1 aromatic carbocycles. The Morgan fingerprint density at radius 2 is 1.12 bits per heavy atom. The van der Waals surface area contributed by atoms with Crippen LogP contribution in [0.25, 0.3) is 0 Å². The van der Waals surface area contributed by atoms with Crippen LogP contribution < -0.4 is 0 Å². The number of nitrogens with zero attached hydrogens (tertiary/aromatic N) is 2. The predicted molar refractivity (Wildman–Crippen MR) is 131 cm³/mol. The van der Waals surface area contributed by atoms with E-state index in [1.54, 1.807) is 21.1 Å². The highest BCUT2D eigenvalue weighted by molar-refractivity contribution is 7.89. The fourth-order valence-electron chi connectivity index (χ4n) is 3.98. The van der Waals surface area contributed by atoms with E-state index < -0.39 is 20.0 Å². The van der Waals surface area contributed by atoms with Crippen molar-refractivity contribution in [2.45, 2.75) is 82.3 Å². The number of piperidine rings is 2. The molecular weight excluding hydrogens is 464 g/mol. The summed E-state index contributed by atoms with van der Waals surface area (Å²) in [5.41, 5.74) is 0.437. The van der Waals surface area contributed by atoms with Crippen LogP contribution in [-0.2, 0) is 29.5 Å². The van der Waals surface area contributed by atoms with E-state index in [-0.39, 0.29) is 22.0 Å². The number of sulfonamides is 2. The maximum Gasteiger partial charge on any atom is 0.243 e. The van der Waals surface area contributed by atoms with Gasteiger partial charge in [-0.25, -0.2) is 16.8 Å². The summed E-state index contributed by atoms with van der Waals surface area (Å²) in [6.45, 7) is 11.2. The Bertz CT molecular complexity index is 918. The van der Waals surface area contributed by atoms with E-state index in [0.717, 1.165) is 0 Å². The van der Waals surface area contributed by atoms with E-state index in [9.17, 15) is 16.8 Å². The van der Waals surface area contributed by atoms with E-state index in [2.05, 4.69) is 0 Å². The van der Waals surface area contributed by atoms with Gasteiger partial charge in [-0.3, -0.25) is 0 Å². The first-order chi connectivity index (χ1) is 15.7. The highest BCUT2D eigenvalue weighted by atomic mass is 32.2. The van der Waals surface area contributed by atoms with Crippen molar-refractivity contribution in [1.82, 2.24) is 8.61 Å². The zero-order valence-corrected chi connectivity index (χ0v) is 22.8. The molecule has 0 N–H and O–H groups in total. The molecule has 0 spiro atoms. The molecule has 0 saturated carbocycles. The van der Waals surface area contributed by atoms with Gasteiger partial charge in [0.15, 0.2) is 0 Å². The summed E-state index contributed by atoms with van der Waals surface area (Å²) in [5, 5.41) is 0. The molecule has 0 atom stereocenters. The molecule has 0 unspecified atom stereocenters. The number of aryl methyl sites for hydroxylation is 1. The van der Waals surface area contributed by atoms with Gasteiger partial charge in [0.2, 0.25) is 20.0 Å². The summed E-state index contributed by atoms with van der Waals surface area (Å²) >= 11 is 0. The predicted octanol–water partition coefficient (Wildman–Crippen LogP) is 3.65. The topological polar surface area (TPSA) is 93.2 Å². The van der Waals surface area contributed by atoms with Gasteiger partial charge in [-0.05, 0) is 56.4 Å². The van der Waals surface area contributed by atoms with Gasteiger partial charge in [-0.1, -0.05) is 27.7 Å². The third kappa shape index (κ3) is 7.22. The maximum atomic E-state index is 13.0. The Labute approximate surface area is 201 Å². The first kappa shape index (κ1) is 30.0. The van der Waals surface area contributed by atoms with Gasteiger partial charge in [-0.2, -0.15) is 8.61 Å². The Morgan fingerprint density at radius 1 is 0.727 bits per heavy atom. The molecule has 0 aliphatic carbocycles. The number of ether oxygens (including phenoxy) is 2. The van der Waals surface area contributed by atoms with Gasteiger partial charge in [-0.15, -0.1) is 0 Å². The molecule has 3 rings (SSSR count). The minimum absolute atomic E-state index is 0.0808. The van der Waals surface area contributed by atoms with E-state index in [0.29, 0.717) is 57.4 Å². The van der Waals surface area contributed by atoms with E-state index in [1.807, 2.05) is 27.7 Å². The number of hydrogen-bond donors (Lipinski definition) is 0. The van der Waals surface area contributed by atoms with Crippen LogP contribution in [0.3, 0.4) is 0 Å². The second-order valence-corrected chi connectivity index (χ2v) is 11.4. The van der Waals surface area contributed by atoms with E-state index in [1.165, 1.54) is 26.8 Å². The van der Waals surface area contributed by atoms with Crippen LogP contribution >= 0.6 is 0 Å². The van der Waals surface area contributed by atoms with E-state index >= 15 is 0 Å². The van der Waals surface area contributed by atoms with Crippen molar-refractivity contribution in [3.8, 4) is 0 Å². The van der Waals surface area contributed by atoms with Gasteiger partial charge >= 0.3 is 0 Å². The normalized spacial score (nSPS) is 19.2. The molecule has 2 fully saturated rings. The van der Waals surface area contributed by atoms with Crippen molar-refractivity contribution >= 4 is 20.0 Å². The van der Waals surface area contributed by atoms with Gasteiger partial charge in [0.1, 0.15) is 0 Å². The lowest BCUT2D eigenvalue weighted by Gasteiger charge is -2.31. The van der Waals surface area contributed by atoms with E-state index in [4.69, 9.17) is 9.47 Å². The molecule has 2 aliphatic rings. The van der Waals surface area contributed by atoms with Crippen molar-refractivity contribution in [2.75, 3.05) is 40.4 Å². The Hall–Kier alpha value is -1.04. The second kappa shape index (κ2) is 13.7. The van der Waals surface area contributed by atoms with Crippen LogP contribution in [0, 0.1) is 6.92 Å². The molecule has 33 heavy (non-hydrogen) atoms. The summed E-state index contributed by atoms with van der Waals surface area (Å²) in [7, 11) is -4.06. The van der Waals surface area contributed by atoms with Crippen LogP contribution in [0.15, 0.2) is 28.0 Å². The summed E-state index contributed by atoms with van der Waals surface area (Å²) in [4.78, 5) is 0.285. The minimum Gasteiger partial charge on any atom is -0.381 e. The molecule has 0 radical (unpaired) electrons. The molecule has 2 heterocycles. The smallest absolute Gasteiger partial charge is 0.243 e. The average molecular weight is 507 g/mol. The van der Waals surface area contributed by atoms with Crippen molar-refractivity contribution in [3.63, 3.8) is 0 Å². The Morgan fingerprint density at radius 3 is 1.48 bits per heavy atom. The molecule has 1 aromatic rings. The molecule has 0 aromatic heterocycles. The number of benzene rings is 1. The third-order valence-electron chi connectivity index (χ3n) is 5.87. The summed E-state index contributed by atoms with van der Waals surface area (Å²) in [6, 6.07) is 4.29. The van der Waals surface area contributed by atoms with Crippen molar-refractivity contribution in [2.24, 2.45) is 0 Å². The highest BCUT2D eigenvalue weighted by Gasteiger charge is 2.33. The third-order valence-corrected chi connectivity index (χ3v) is 9.82. The van der Waals surface area contributed by atoms with Crippen LogP contribution in [0.1, 0.15) is 58.9 Å². The summed E-state index contributed by atoms with van der Waals surface area (Å²) in [6.07, 6.45) is 2.77. The molecule has 10 heteroatoms. The Balaban J connectivity index is 0.00000129. The average Bonchev–Trinajstić information content (AvgIpc) is 2.86. The molecule has 0 bridgehead atoms. The highest BCUT2D eigenvalue weighted by Crippen LogP contribution is 2.28. The SMILES string of the molecule is CC.CC.COC1CCN(S(=O)(=O)c2ccc(S(=O)(=O)N3CCC(OC)CC3)c(C)c2)CC1.